The van der Waals surface area contributed by atoms with E-state index >= 15 is 0 Å². The van der Waals surface area contributed by atoms with Crippen LogP contribution in [0.15, 0.2) is 90.9 Å². The van der Waals surface area contributed by atoms with E-state index in [0.29, 0.717) is 20.9 Å². The predicted molar refractivity (Wildman–Crippen MR) is 125 cm³/mol. The van der Waals surface area contributed by atoms with E-state index in [1.807, 2.05) is 48.5 Å². The van der Waals surface area contributed by atoms with Crippen molar-refractivity contribution in [3.63, 3.8) is 0 Å². The van der Waals surface area contributed by atoms with E-state index < -0.39 is 0 Å². The first-order valence-electron chi connectivity index (χ1n) is 8.94. The van der Waals surface area contributed by atoms with Gasteiger partial charge in [-0.1, -0.05) is 51.8 Å². The standard InChI is InChI=1S/C22H15BrClN3O2S/c23-17-4-1-3-16(11-17)12-20-21(28)27(14-19-5-2-10-29-19)22(30-20)26-25-13-15-6-8-18(24)9-7-15/h1-13H,14H2/b20-12-,25-13+,26-22-. The Morgan fingerprint density at radius 1 is 1.10 bits per heavy atom. The van der Waals surface area contributed by atoms with E-state index in [1.54, 1.807) is 35.6 Å². The summed E-state index contributed by atoms with van der Waals surface area (Å²) < 4.78 is 6.36. The molecule has 0 bridgehead atoms. The quantitative estimate of drug-likeness (QED) is 0.238. The molecule has 2 heterocycles. The molecule has 2 aromatic carbocycles. The Kier molecular flexibility index (Phi) is 6.52. The van der Waals surface area contributed by atoms with Gasteiger partial charge < -0.3 is 4.42 Å². The largest absolute Gasteiger partial charge is 0.467 e. The highest BCUT2D eigenvalue weighted by molar-refractivity contribution is 9.10. The molecule has 3 aromatic rings. The smallest absolute Gasteiger partial charge is 0.267 e. The Balaban J connectivity index is 1.61. The van der Waals surface area contributed by atoms with E-state index in [2.05, 4.69) is 26.1 Å². The number of hydrogen-bond donors (Lipinski definition) is 0. The predicted octanol–water partition coefficient (Wildman–Crippen LogP) is 6.20. The van der Waals surface area contributed by atoms with Crippen LogP contribution in [-0.2, 0) is 11.3 Å². The summed E-state index contributed by atoms with van der Waals surface area (Å²) >= 11 is 10.6. The van der Waals surface area contributed by atoms with Crippen molar-refractivity contribution >= 4 is 62.7 Å². The number of furan rings is 1. The second-order valence-electron chi connectivity index (χ2n) is 6.32. The van der Waals surface area contributed by atoms with E-state index in [0.717, 1.165) is 15.6 Å². The van der Waals surface area contributed by atoms with Crippen molar-refractivity contribution in [2.24, 2.45) is 10.2 Å². The molecular formula is C22H15BrClN3O2S. The second-order valence-corrected chi connectivity index (χ2v) is 8.68. The van der Waals surface area contributed by atoms with Crippen LogP contribution in [0.2, 0.25) is 5.02 Å². The highest BCUT2D eigenvalue weighted by atomic mass is 79.9. The Hall–Kier alpha value is -2.61. The Bertz CT molecular complexity index is 1140. The number of carbonyl (C=O) groups is 1. The molecule has 1 fully saturated rings. The van der Waals surface area contributed by atoms with Crippen LogP contribution in [0.25, 0.3) is 6.08 Å². The van der Waals surface area contributed by atoms with Crippen LogP contribution in [0.1, 0.15) is 16.9 Å². The molecule has 0 aliphatic carbocycles. The topological polar surface area (TPSA) is 58.2 Å². The summed E-state index contributed by atoms with van der Waals surface area (Å²) in [6.07, 6.45) is 5.05. The number of carbonyl (C=O) groups excluding carboxylic acids is 1. The number of benzene rings is 2. The van der Waals surface area contributed by atoms with Gasteiger partial charge in [0, 0.05) is 9.50 Å². The van der Waals surface area contributed by atoms with Gasteiger partial charge in [0.1, 0.15) is 5.76 Å². The lowest BCUT2D eigenvalue weighted by Crippen LogP contribution is -2.28. The first kappa shape index (κ1) is 20.7. The van der Waals surface area contributed by atoms with E-state index in [9.17, 15) is 4.79 Å². The van der Waals surface area contributed by atoms with Crippen LogP contribution >= 0.6 is 39.3 Å². The van der Waals surface area contributed by atoms with Gasteiger partial charge in [-0.2, -0.15) is 5.10 Å². The first-order chi connectivity index (χ1) is 14.6. The van der Waals surface area contributed by atoms with Crippen LogP contribution < -0.4 is 0 Å². The fourth-order valence-electron chi connectivity index (χ4n) is 2.72. The number of thioether (sulfide) groups is 1. The number of amidine groups is 1. The van der Waals surface area contributed by atoms with Crippen molar-refractivity contribution in [1.29, 1.82) is 0 Å². The number of rotatable bonds is 5. The molecule has 1 aliphatic heterocycles. The Morgan fingerprint density at radius 2 is 1.93 bits per heavy atom. The zero-order valence-corrected chi connectivity index (χ0v) is 18.7. The van der Waals surface area contributed by atoms with Crippen molar-refractivity contribution in [1.82, 2.24) is 4.90 Å². The molecule has 1 saturated heterocycles. The van der Waals surface area contributed by atoms with Gasteiger partial charge in [0.15, 0.2) is 5.17 Å². The van der Waals surface area contributed by atoms with Crippen molar-refractivity contribution < 1.29 is 9.21 Å². The van der Waals surface area contributed by atoms with Gasteiger partial charge in [0.2, 0.25) is 0 Å². The van der Waals surface area contributed by atoms with Gasteiger partial charge in [-0.15, -0.1) is 5.10 Å². The zero-order chi connectivity index (χ0) is 20.9. The Labute approximate surface area is 191 Å². The molecule has 0 spiro atoms. The minimum Gasteiger partial charge on any atom is -0.467 e. The molecule has 0 saturated carbocycles. The minimum atomic E-state index is -0.142. The molecule has 30 heavy (non-hydrogen) atoms. The van der Waals surface area contributed by atoms with Gasteiger partial charge in [0.05, 0.1) is 23.9 Å². The molecular weight excluding hydrogens is 486 g/mol. The van der Waals surface area contributed by atoms with Crippen LogP contribution in [-0.4, -0.2) is 22.2 Å². The molecule has 5 nitrogen and oxygen atoms in total. The molecule has 0 unspecified atom stereocenters. The summed E-state index contributed by atoms with van der Waals surface area (Å²) in [5, 5.41) is 9.60. The summed E-state index contributed by atoms with van der Waals surface area (Å²) in [7, 11) is 0. The molecule has 150 valence electrons. The maximum absolute atomic E-state index is 13.0. The van der Waals surface area contributed by atoms with Gasteiger partial charge in [-0.3, -0.25) is 9.69 Å². The third-order valence-corrected chi connectivity index (χ3v) is 5.89. The van der Waals surface area contributed by atoms with Crippen LogP contribution in [0.5, 0.6) is 0 Å². The third-order valence-electron chi connectivity index (χ3n) is 4.15. The fraction of sp³-hybridized carbons (Fsp3) is 0.0455. The molecule has 4 rings (SSSR count). The molecule has 1 amide bonds. The van der Waals surface area contributed by atoms with E-state index in [4.69, 9.17) is 16.0 Å². The van der Waals surface area contributed by atoms with E-state index in [-0.39, 0.29) is 12.5 Å². The molecule has 1 aliphatic rings. The average Bonchev–Trinajstić information content (AvgIpc) is 3.34. The van der Waals surface area contributed by atoms with Crippen molar-refractivity contribution in [3.8, 4) is 0 Å². The summed E-state index contributed by atoms with van der Waals surface area (Å²) in [5.41, 5.74) is 1.78. The van der Waals surface area contributed by atoms with Crippen LogP contribution in [0, 0.1) is 0 Å². The summed E-state index contributed by atoms with van der Waals surface area (Å²) in [6, 6.07) is 18.6. The molecule has 0 atom stereocenters. The average molecular weight is 501 g/mol. The normalized spacial score (nSPS) is 17.0. The van der Waals surface area contributed by atoms with Gasteiger partial charge in [-0.25, -0.2) is 0 Å². The SMILES string of the molecule is O=C1/C(=C/c2cccc(Br)c2)S/C(=N\N=C\c2ccc(Cl)cc2)N1Cc1ccco1. The van der Waals surface area contributed by atoms with Gasteiger partial charge >= 0.3 is 0 Å². The summed E-state index contributed by atoms with van der Waals surface area (Å²) in [6.45, 7) is 0.282. The molecule has 8 heteroatoms. The van der Waals surface area contributed by atoms with Gasteiger partial charge in [-0.05, 0) is 65.4 Å². The highest BCUT2D eigenvalue weighted by Crippen LogP contribution is 2.34. The minimum absolute atomic E-state index is 0.142. The summed E-state index contributed by atoms with van der Waals surface area (Å²) in [5.74, 6) is 0.527. The van der Waals surface area contributed by atoms with Crippen molar-refractivity contribution in [3.05, 3.63) is 98.2 Å². The maximum Gasteiger partial charge on any atom is 0.267 e. The number of amides is 1. The molecule has 0 radical (unpaired) electrons. The molecule has 0 N–H and O–H groups in total. The number of nitrogens with zero attached hydrogens (tertiary/aromatic N) is 3. The van der Waals surface area contributed by atoms with Crippen molar-refractivity contribution in [2.75, 3.05) is 0 Å². The lowest BCUT2D eigenvalue weighted by molar-refractivity contribution is -0.122. The monoisotopic (exact) mass is 499 g/mol. The molecule has 1 aromatic heterocycles. The zero-order valence-electron chi connectivity index (χ0n) is 15.5. The van der Waals surface area contributed by atoms with Gasteiger partial charge in [0.25, 0.3) is 5.91 Å². The highest BCUT2D eigenvalue weighted by Gasteiger charge is 2.34. The second kappa shape index (κ2) is 9.47. The number of halogens is 2. The van der Waals surface area contributed by atoms with E-state index in [1.165, 1.54) is 11.8 Å². The first-order valence-corrected chi connectivity index (χ1v) is 10.9. The van der Waals surface area contributed by atoms with Crippen molar-refractivity contribution in [2.45, 2.75) is 6.54 Å². The third kappa shape index (κ3) is 5.11. The van der Waals surface area contributed by atoms with Crippen LogP contribution in [0.4, 0.5) is 0 Å². The fourth-order valence-corrected chi connectivity index (χ4v) is 4.20. The lowest BCUT2D eigenvalue weighted by atomic mass is 10.2. The maximum atomic E-state index is 13.0. The lowest BCUT2D eigenvalue weighted by Gasteiger charge is -2.12. The van der Waals surface area contributed by atoms with Crippen LogP contribution in [0.3, 0.4) is 0 Å². The number of hydrogen-bond acceptors (Lipinski definition) is 5. The Morgan fingerprint density at radius 3 is 2.67 bits per heavy atom. The summed E-state index contributed by atoms with van der Waals surface area (Å²) in [4.78, 5) is 15.2.